The monoisotopic (exact) mass is 343 g/mol. The SMILES string of the molecule is O=C(c1cn2ccccc2n1)N1Cc2[nH]cnc2C(c2ccccc2)C1. The molecule has 1 N–H and O–H groups in total. The molecule has 0 bridgehead atoms. The van der Waals surface area contributed by atoms with E-state index in [0.717, 1.165) is 22.6 Å². The summed E-state index contributed by atoms with van der Waals surface area (Å²) < 4.78 is 1.87. The van der Waals surface area contributed by atoms with Crippen LogP contribution in [-0.4, -0.2) is 36.7 Å². The van der Waals surface area contributed by atoms with Gasteiger partial charge in [0.2, 0.25) is 0 Å². The summed E-state index contributed by atoms with van der Waals surface area (Å²) in [5.74, 6) is 0.00191. The van der Waals surface area contributed by atoms with Crippen LogP contribution in [-0.2, 0) is 6.54 Å². The maximum Gasteiger partial charge on any atom is 0.274 e. The molecule has 5 rings (SSSR count). The Morgan fingerprint density at radius 3 is 2.81 bits per heavy atom. The van der Waals surface area contributed by atoms with E-state index in [2.05, 4.69) is 27.1 Å². The van der Waals surface area contributed by atoms with E-state index in [4.69, 9.17) is 0 Å². The molecule has 4 aromatic rings. The van der Waals surface area contributed by atoms with Crippen LogP contribution in [0.2, 0.25) is 0 Å². The van der Waals surface area contributed by atoms with E-state index in [1.165, 1.54) is 0 Å². The maximum absolute atomic E-state index is 13.1. The molecule has 1 aromatic carbocycles. The van der Waals surface area contributed by atoms with Gasteiger partial charge in [0, 0.05) is 24.9 Å². The lowest BCUT2D eigenvalue weighted by Gasteiger charge is -2.31. The van der Waals surface area contributed by atoms with Crippen LogP contribution in [0.5, 0.6) is 0 Å². The molecule has 0 spiro atoms. The second-order valence-corrected chi connectivity index (χ2v) is 6.51. The summed E-state index contributed by atoms with van der Waals surface area (Å²) in [5.41, 5.74) is 4.41. The van der Waals surface area contributed by atoms with E-state index in [1.54, 1.807) is 12.5 Å². The predicted molar refractivity (Wildman–Crippen MR) is 96.8 cm³/mol. The molecule has 1 aliphatic heterocycles. The van der Waals surface area contributed by atoms with E-state index in [9.17, 15) is 4.79 Å². The van der Waals surface area contributed by atoms with Gasteiger partial charge >= 0.3 is 0 Å². The first-order chi connectivity index (χ1) is 12.8. The molecule has 26 heavy (non-hydrogen) atoms. The number of carbonyl (C=O) groups is 1. The molecule has 4 heterocycles. The first-order valence-electron chi connectivity index (χ1n) is 8.60. The van der Waals surface area contributed by atoms with E-state index in [-0.39, 0.29) is 11.8 Å². The number of fused-ring (bicyclic) bond motifs is 2. The average Bonchev–Trinajstić information content (AvgIpc) is 3.33. The number of hydrogen-bond donors (Lipinski definition) is 1. The van der Waals surface area contributed by atoms with Gasteiger partial charge in [0.15, 0.2) is 0 Å². The van der Waals surface area contributed by atoms with Gasteiger partial charge < -0.3 is 14.3 Å². The molecule has 0 radical (unpaired) electrons. The van der Waals surface area contributed by atoms with Crippen LogP contribution in [0.3, 0.4) is 0 Å². The smallest absolute Gasteiger partial charge is 0.274 e. The van der Waals surface area contributed by atoms with Crippen molar-refractivity contribution < 1.29 is 4.79 Å². The summed E-state index contributed by atoms with van der Waals surface area (Å²) in [6.07, 6.45) is 5.40. The molecule has 0 saturated carbocycles. The summed E-state index contributed by atoms with van der Waals surface area (Å²) >= 11 is 0. The number of hydrogen-bond acceptors (Lipinski definition) is 3. The third-order valence-corrected chi connectivity index (χ3v) is 4.91. The molecule has 0 fully saturated rings. The zero-order valence-electron chi connectivity index (χ0n) is 14.0. The van der Waals surface area contributed by atoms with E-state index in [0.29, 0.717) is 18.8 Å². The lowest BCUT2D eigenvalue weighted by atomic mass is 9.91. The Hall–Kier alpha value is -3.41. The highest BCUT2D eigenvalue weighted by atomic mass is 16.2. The molecule has 1 amide bonds. The fourth-order valence-electron chi connectivity index (χ4n) is 3.62. The summed E-state index contributed by atoms with van der Waals surface area (Å²) in [4.78, 5) is 27.1. The van der Waals surface area contributed by atoms with Crippen LogP contribution in [0.1, 0.15) is 33.4 Å². The summed E-state index contributed by atoms with van der Waals surface area (Å²) in [5, 5.41) is 0. The second-order valence-electron chi connectivity index (χ2n) is 6.51. The van der Waals surface area contributed by atoms with Crippen LogP contribution in [0.25, 0.3) is 5.65 Å². The molecule has 6 nitrogen and oxygen atoms in total. The maximum atomic E-state index is 13.1. The molecule has 3 aromatic heterocycles. The van der Waals surface area contributed by atoms with Gasteiger partial charge in [0.05, 0.1) is 24.3 Å². The van der Waals surface area contributed by atoms with Gasteiger partial charge in [-0.1, -0.05) is 36.4 Å². The van der Waals surface area contributed by atoms with E-state index >= 15 is 0 Å². The average molecular weight is 343 g/mol. The van der Waals surface area contributed by atoms with E-state index < -0.39 is 0 Å². The van der Waals surface area contributed by atoms with Crippen molar-refractivity contribution in [2.75, 3.05) is 6.54 Å². The van der Waals surface area contributed by atoms with Gasteiger partial charge in [-0.3, -0.25) is 4.79 Å². The Kier molecular flexibility index (Phi) is 3.35. The zero-order valence-corrected chi connectivity index (χ0v) is 14.0. The van der Waals surface area contributed by atoms with Gasteiger partial charge in [-0.25, -0.2) is 9.97 Å². The Morgan fingerprint density at radius 2 is 1.96 bits per heavy atom. The van der Waals surface area contributed by atoms with Gasteiger partial charge in [-0.15, -0.1) is 0 Å². The van der Waals surface area contributed by atoms with Crippen LogP contribution in [0, 0.1) is 0 Å². The highest BCUT2D eigenvalue weighted by Gasteiger charge is 2.32. The number of imidazole rings is 2. The molecular formula is C20H17N5O. The number of pyridine rings is 1. The number of nitrogens with one attached hydrogen (secondary N) is 1. The fourth-order valence-corrected chi connectivity index (χ4v) is 3.62. The van der Waals surface area contributed by atoms with Crippen molar-refractivity contribution in [1.29, 1.82) is 0 Å². The Balaban J connectivity index is 1.51. The number of aromatic nitrogens is 4. The molecule has 1 atom stereocenters. The largest absolute Gasteiger partial charge is 0.347 e. The lowest BCUT2D eigenvalue weighted by Crippen LogP contribution is -2.38. The van der Waals surface area contributed by atoms with Crippen molar-refractivity contribution in [2.24, 2.45) is 0 Å². The molecular weight excluding hydrogens is 326 g/mol. The number of amides is 1. The third kappa shape index (κ3) is 2.38. The van der Waals surface area contributed by atoms with Crippen molar-refractivity contribution in [3.8, 4) is 0 Å². The predicted octanol–water partition coefficient (Wildman–Crippen LogP) is 2.85. The van der Waals surface area contributed by atoms with Crippen LogP contribution < -0.4 is 0 Å². The highest BCUT2D eigenvalue weighted by molar-refractivity contribution is 5.93. The number of carbonyl (C=O) groups excluding carboxylic acids is 1. The zero-order chi connectivity index (χ0) is 17.5. The number of nitrogens with zero attached hydrogens (tertiary/aromatic N) is 4. The third-order valence-electron chi connectivity index (χ3n) is 4.91. The number of aromatic amines is 1. The minimum atomic E-state index is -0.0603. The molecule has 1 unspecified atom stereocenters. The number of rotatable bonds is 2. The molecule has 1 aliphatic rings. The fraction of sp³-hybridized carbons (Fsp3) is 0.150. The van der Waals surface area contributed by atoms with Gasteiger partial charge in [-0.05, 0) is 17.7 Å². The van der Waals surface area contributed by atoms with Gasteiger partial charge in [-0.2, -0.15) is 0 Å². The molecule has 6 heteroatoms. The first-order valence-corrected chi connectivity index (χ1v) is 8.60. The van der Waals surface area contributed by atoms with Gasteiger partial charge in [0.1, 0.15) is 11.3 Å². The van der Waals surface area contributed by atoms with Gasteiger partial charge in [0.25, 0.3) is 5.91 Å². The summed E-state index contributed by atoms with van der Waals surface area (Å²) in [6, 6.07) is 15.9. The van der Waals surface area contributed by atoms with Crippen molar-refractivity contribution in [3.05, 3.63) is 89.9 Å². The van der Waals surface area contributed by atoms with E-state index in [1.807, 2.05) is 51.9 Å². The minimum absolute atomic E-state index is 0.0603. The second kappa shape index (κ2) is 5.84. The van der Waals surface area contributed by atoms with Crippen molar-refractivity contribution in [2.45, 2.75) is 12.5 Å². The van der Waals surface area contributed by atoms with Crippen LogP contribution in [0.4, 0.5) is 0 Å². The van der Waals surface area contributed by atoms with Crippen molar-refractivity contribution >= 4 is 11.6 Å². The number of benzene rings is 1. The molecule has 0 saturated heterocycles. The minimum Gasteiger partial charge on any atom is -0.347 e. The van der Waals surface area contributed by atoms with Crippen LogP contribution in [0.15, 0.2) is 67.3 Å². The first kappa shape index (κ1) is 14.9. The lowest BCUT2D eigenvalue weighted by molar-refractivity contribution is 0.0716. The highest BCUT2D eigenvalue weighted by Crippen LogP contribution is 2.32. The Bertz CT molecular complexity index is 1050. The van der Waals surface area contributed by atoms with Crippen LogP contribution >= 0.6 is 0 Å². The quantitative estimate of drug-likeness (QED) is 0.609. The molecule has 128 valence electrons. The van der Waals surface area contributed by atoms with Crippen molar-refractivity contribution in [3.63, 3.8) is 0 Å². The Morgan fingerprint density at radius 1 is 1.12 bits per heavy atom. The Labute approximate surface area is 150 Å². The number of H-pyrrole nitrogens is 1. The standard InChI is InChI=1S/C20H17N5O/c26-20(17-12-24-9-5-4-8-18(24)23-17)25-10-15(14-6-2-1-3-7-14)19-16(11-25)21-13-22-19/h1-9,12-13,15H,10-11H2,(H,21,22). The normalized spacial score (nSPS) is 16.6. The molecule has 0 aliphatic carbocycles. The summed E-state index contributed by atoms with van der Waals surface area (Å²) in [7, 11) is 0. The topological polar surface area (TPSA) is 66.3 Å². The van der Waals surface area contributed by atoms with Crippen molar-refractivity contribution in [1.82, 2.24) is 24.3 Å². The summed E-state index contributed by atoms with van der Waals surface area (Å²) in [6.45, 7) is 1.11.